The molecule has 0 bridgehead atoms. The Balaban J connectivity index is 2.50. The smallest absolute Gasteiger partial charge is 0.242 e. The summed E-state index contributed by atoms with van der Waals surface area (Å²) < 4.78 is 0. The largest absolute Gasteiger partial charge is 0.347 e. The van der Waals surface area contributed by atoms with Gasteiger partial charge in [0, 0.05) is 26.1 Å². The van der Waals surface area contributed by atoms with Gasteiger partial charge in [-0.3, -0.25) is 9.59 Å². The van der Waals surface area contributed by atoms with E-state index in [1.807, 2.05) is 0 Å². The molecular weight excluding hydrogens is 206 g/mol. The highest BCUT2D eigenvalue weighted by atomic mass is 16.2. The maximum Gasteiger partial charge on any atom is 0.242 e. The molecule has 0 saturated carbocycles. The van der Waals surface area contributed by atoms with Gasteiger partial charge in [0.2, 0.25) is 11.8 Å². The molecule has 0 aromatic rings. The van der Waals surface area contributed by atoms with Crippen LogP contribution in [0.3, 0.4) is 0 Å². The van der Waals surface area contributed by atoms with Crippen LogP contribution < -0.4 is 11.1 Å². The molecule has 2 atom stereocenters. The van der Waals surface area contributed by atoms with Gasteiger partial charge in [0.15, 0.2) is 0 Å². The molecule has 92 valence electrons. The minimum Gasteiger partial charge on any atom is -0.347 e. The maximum atomic E-state index is 11.8. The van der Waals surface area contributed by atoms with Gasteiger partial charge in [-0.15, -0.1) is 0 Å². The van der Waals surface area contributed by atoms with Gasteiger partial charge in [0.1, 0.15) is 0 Å². The minimum atomic E-state index is -0.178. The number of likely N-dealkylation sites (tertiary alicyclic amines) is 1. The van der Waals surface area contributed by atoms with Crippen LogP contribution in [-0.2, 0) is 9.59 Å². The zero-order valence-corrected chi connectivity index (χ0v) is 10.0. The Morgan fingerprint density at radius 1 is 1.50 bits per heavy atom. The zero-order chi connectivity index (χ0) is 12.1. The molecule has 3 N–H and O–H groups in total. The standard InChI is InChI=1S/C11H21N3O2/c1-8-3-4-14(10(5-8)6-12)11(16)7-13-9(2)15/h8,10H,3-7,12H2,1-2H3,(H,13,15). The first kappa shape index (κ1) is 13.0. The van der Waals surface area contributed by atoms with Crippen LogP contribution in [0.5, 0.6) is 0 Å². The minimum absolute atomic E-state index is 0.0300. The number of nitrogens with one attached hydrogen (secondary N) is 1. The number of amides is 2. The molecule has 0 aliphatic carbocycles. The quantitative estimate of drug-likeness (QED) is 0.695. The van der Waals surface area contributed by atoms with Gasteiger partial charge in [-0.25, -0.2) is 0 Å². The van der Waals surface area contributed by atoms with Crippen LogP contribution in [0.1, 0.15) is 26.7 Å². The fourth-order valence-electron chi connectivity index (χ4n) is 2.11. The Bertz CT molecular complexity index is 268. The van der Waals surface area contributed by atoms with Crippen LogP contribution in [0.4, 0.5) is 0 Å². The lowest BCUT2D eigenvalue weighted by Crippen LogP contribution is -2.52. The first-order chi connectivity index (χ1) is 7.54. The number of carbonyl (C=O) groups excluding carboxylic acids is 2. The molecule has 0 aromatic carbocycles. The Morgan fingerprint density at radius 3 is 2.75 bits per heavy atom. The van der Waals surface area contributed by atoms with E-state index in [4.69, 9.17) is 5.73 Å². The SMILES string of the molecule is CC(=O)NCC(=O)N1CCC(C)CC1CN. The van der Waals surface area contributed by atoms with Crippen LogP contribution in [0.2, 0.25) is 0 Å². The van der Waals surface area contributed by atoms with E-state index in [0.717, 1.165) is 19.4 Å². The van der Waals surface area contributed by atoms with Crippen molar-refractivity contribution in [3.05, 3.63) is 0 Å². The molecule has 0 aromatic heterocycles. The number of nitrogens with two attached hydrogens (primary N) is 1. The number of nitrogens with zero attached hydrogens (tertiary/aromatic N) is 1. The topological polar surface area (TPSA) is 75.4 Å². The first-order valence-corrected chi connectivity index (χ1v) is 5.78. The average Bonchev–Trinajstić information content (AvgIpc) is 2.25. The van der Waals surface area contributed by atoms with Gasteiger partial charge in [0.05, 0.1) is 6.54 Å². The highest BCUT2D eigenvalue weighted by Gasteiger charge is 2.28. The number of carbonyl (C=O) groups is 2. The number of hydrogen-bond donors (Lipinski definition) is 2. The van der Waals surface area contributed by atoms with Crippen LogP contribution in [0.15, 0.2) is 0 Å². The molecule has 1 heterocycles. The third kappa shape index (κ3) is 3.48. The Hall–Kier alpha value is -1.10. The summed E-state index contributed by atoms with van der Waals surface area (Å²) in [4.78, 5) is 24.4. The molecule has 2 unspecified atom stereocenters. The first-order valence-electron chi connectivity index (χ1n) is 5.78. The summed E-state index contributed by atoms with van der Waals surface area (Å²) in [6.45, 7) is 4.92. The second kappa shape index (κ2) is 5.84. The molecule has 1 aliphatic heterocycles. The summed E-state index contributed by atoms with van der Waals surface area (Å²) in [6.07, 6.45) is 1.98. The number of rotatable bonds is 3. The number of hydrogen-bond acceptors (Lipinski definition) is 3. The lowest BCUT2D eigenvalue weighted by molar-refractivity contribution is -0.136. The van der Waals surface area contributed by atoms with Crippen molar-refractivity contribution >= 4 is 11.8 Å². The van der Waals surface area contributed by atoms with Gasteiger partial charge in [-0.2, -0.15) is 0 Å². The normalized spacial score (nSPS) is 25.3. The van der Waals surface area contributed by atoms with E-state index < -0.39 is 0 Å². The molecule has 16 heavy (non-hydrogen) atoms. The van der Waals surface area contributed by atoms with E-state index in [1.54, 1.807) is 4.90 Å². The molecule has 0 radical (unpaired) electrons. The molecular formula is C11H21N3O2. The molecule has 1 aliphatic rings. The zero-order valence-electron chi connectivity index (χ0n) is 10.0. The van der Waals surface area contributed by atoms with Gasteiger partial charge >= 0.3 is 0 Å². The van der Waals surface area contributed by atoms with E-state index in [-0.39, 0.29) is 24.4 Å². The molecule has 2 amide bonds. The van der Waals surface area contributed by atoms with Crippen molar-refractivity contribution in [1.82, 2.24) is 10.2 Å². The molecule has 5 heteroatoms. The third-order valence-corrected chi connectivity index (χ3v) is 3.06. The predicted molar refractivity (Wildman–Crippen MR) is 61.6 cm³/mol. The molecule has 1 fully saturated rings. The van der Waals surface area contributed by atoms with Crippen LogP contribution >= 0.6 is 0 Å². The molecule has 5 nitrogen and oxygen atoms in total. The van der Waals surface area contributed by atoms with Gasteiger partial charge in [0.25, 0.3) is 0 Å². The lowest BCUT2D eigenvalue weighted by Gasteiger charge is -2.38. The van der Waals surface area contributed by atoms with E-state index >= 15 is 0 Å². The summed E-state index contributed by atoms with van der Waals surface area (Å²) in [5.41, 5.74) is 5.67. The summed E-state index contributed by atoms with van der Waals surface area (Å²) in [6, 6.07) is 0.130. The van der Waals surface area contributed by atoms with Gasteiger partial charge in [-0.05, 0) is 18.8 Å². The van der Waals surface area contributed by atoms with Crippen molar-refractivity contribution in [1.29, 1.82) is 0 Å². The van der Waals surface area contributed by atoms with Crippen LogP contribution in [0, 0.1) is 5.92 Å². The van der Waals surface area contributed by atoms with Crippen molar-refractivity contribution in [2.75, 3.05) is 19.6 Å². The second-order valence-corrected chi connectivity index (χ2v) is 4.52. The summed E-state index contributed by atoms with van der Waals surface area (Å²) in [5, 5.41) is 2.53. The Morgan fingerprint density at radius 2 is 2.19 bits per heavy atom. The van der Waals surface area contributed by atoms with Crippen molar-refractivity contribution in [3.8, 4) is 0 Å². The molecule has 1 saturated heterocycles. The second-order valence-electron chi connectivity index (χ2n) is 4.52. The van der Waals surface area contributed by atoms with Crippen molar-refractivity contribution in [2.45, 2.75) is 32.7 Å². The van der Waals surface area contributed by atoms with E-state index in [1.165, 1.54) is 6.92 Å². The number of piperidine rings is 1. The predicted octanol–water partition coefficient (Wildman–Crippen LogP) is -0.292. The van der Waals surface area contributed by atoms with Crippen LogP contribution in [0.25, 0.3) is 0 Å². The van der Waals surface area contributed by atoms with E-state index in [2.05, 4.69) is 12.2 Å². The van der Waals surface area contributed by atoms with Crippen molar-refractivity contribution < 1.29 is 9.59 Å². The van der Waals surface area contributed by atoms with Crippen molar-refractivity contribution in [2.24, 2.45) is 11.7 Å². The highest BCUT2D eigenvalue weighted by molar-refractivity contribution is 5.83. The van der Waals surface area contributed by atoms with Gasteiger partial charge < -0.3 is 16.0 Å². The van der Waals surface area contributed by atoms with Crippen molar-refractivity contribution in [3.63, 3.8) is 0 Å². The highest BCUT2D eigenvalue weighted by Crippen LogP contribution is 2.21. The lowest BCUT2D eigenvalue weighted by atomic mass is 9.92. The van der Waals surface area contributed by atoms with Gasteiger partial charge in [-0.1, -0.05) is 6.92 Å². The third-order valence-electron chi connectivity index (χ3n) is 3.06. The maximum absolute atomic E-state index is 11.8. The van der Waals surface area contributed by atoms with E-state index in [0.29, 0.717) is 12.5 Å². The summed E-state index contributed by atoms with van der Waals surface area (Å²) >= 11 is 0. The fraction of sp³-hybridized carbons (Fsp3) is 0.818. The monoisotopic (exact) mass is 227 g/mol. The summed E-state index contributed by atoms with van der Waals surface area (Å²) in [5.74, 6) is 0.416. The molecule has 0 spiro atoms. The Labute approximate surface area is 96.4 Å². The Kier molecular flexibility index (Phi) is 4.73. The summed E-state index contributed by atoms with van der Waals surface area (Å²) in [7, 11) is 0. The van der Waals surface area contributed by atoms with Crippen LogP contribution in [-0.4, -0.2) is 42.4 Å². The molecule has 1 rings (SSSR count). The van der Waals surface area contributed by atoms with E-state index in [9.17, 15) is 9.59 Å². The fourth-order valence-corrected chi connectivity index (χ4v) is 2.11. The average molecular weight is 227 g/mol.